The van der Waals surface area contributed by atoms with E-state index < -0.39 is 0 Å². The third-order valence-electron chi connectivity index (χ3n) is 4.22. The zero-order valence-electron chi connectivity index (χ0n) is 11.3. The predicted octanol–water partition coefficient (Wildman–Crippen LogP) is 1.82. The van der Waals surface area contributed by atoms with Gasteiger partial charge in [-0.1, -0.05) is 60.7 Å². The molecular weight excluding hydrogens is 248 g/mol. The van der Waals surface area contributed by atoms with Gasteiger partial charge in [0.15, 0.2) is 0 Å². The number of rotatable bonds is 3. The Kier molecular flexibility index (Phi) is 3.28. The summed E-state index contributed by atoms with van der Waals surface area (Å²) in [7, 11) is 0. The fraction of sp³-hybridized carbons (Fsp3) is 0.235. The lowest BCUT2D eigenvalue weighted by atomic mass is 9.69. The van der Waals surface area contributed by atoms with Gasteiger partial charge in [-0.05, 0) is 24.1 Å². The molecule has 0 bridgehead atoms. The van der Waals surface area contributed by atoms with Crippen LogP contribution in [0.3, 0.4) is 0 Å². The summed E-state index contributed by atoms with van der Waals surface area (Å²) in [6, 6.07) is 20.0. The number of carbonyl (C=O) groups is 1. The van der Waals surface area contributed by atoms with Gasteiger partial charge >= 0.3 is 0 Å². The molecule has 3 nitrogen and oxygen atoms in total. The number of benzene rings is 2. The second kappa shape index (κ2) is 5.10. The third kappa shape index (κ3) is 1.91. The van der Waals surface area contributed by atoms with Crippen molar-refractivity contribution < 1.29 is 4.79 Å². The van der Waals surface area contributed by atoms with E-state index in [0.717, 1.165) is 24.1 Å². The second-order valence-electron chi connectivity index (χ2n) is 5.24. The van der Waals surface area contributed by atoms with Crippen molar-refractivity contribution in [2.24, 2.45) is 5.73 Å². The summed E-state index contributed by atoms with van der Waals surface area (Å²) in [5.74, 6) is -0.296. The first-order chi connectivity index (χ1) is 9.75. The van der Waals surface area contributed by atoms with E-state index in [1.807, 2.05) is 36.4 Å². The van der Waals surface area contributed by atoms with Crippen molar-refractivity contribution in [3.05, 3.63) is 71.8 Å². The van der Waals surface area contributed by atoms with Gasteiger partial charge in [0.1, 0.15) is 6.04 Å². The van der Waals surface area contributed by atoms with Crippen LogP contribution >= 0.6 is 0 Å². The molecule has 1 amide bonds. The highest BCUT2D eigenvalue weighted by atomic mass is 16.1. The number of amides is 1. The van der Waals surface area contributed by atoms with Crippen LogP contribution in [0.5, 0.6) is 0 Å². The zero-order valence-corrected chi connectivity index (χ0v) is 11.3. The van der Waals surface area contributed by atoms with Gasteiger partial charge in [0.25, 0.3) is 0 Å². The van der Waals surface area contributed by atoms with Crippen LogP contribution in [-0.2, 0) is 10.2 Å². The van der Waals surface area contributed by atoms with Gasteiger partial charge in [-0.2, -0.15) is 0 Å². The Morgan fingerprint density at radius 1 is 1.00 bits per heavy atom. The highest BCUT2D eigenvalue weighted by molar-refractivity contribution is 5.84. The molecule has 1 heterocycles. The standard InChI is InChI=1S/C17H18N2O/c18-16(20)15-17(11-12-19-15,13-7-3-1-4-8-13)14-9-5-2-6-10-14/h1-10,15,19H,11-12H2,(H2,18,20)/t15-/m0/s1. The molecule has 102 valence electrons. The van der Waals surface area contributed by atoms with E-state index in [2.05, 4.69) is 29.6 Å². The molecule has 0 saturated carbocycles. The van der Waals surface area contributed by atoms with Gasteiger partial charge in [-0.3, -0.25) is 4.79 Å². The largest absolute Gasteiger partial charge is 0.368 e. The summed E-state index contributed by atoms with van der Waals surface area (Å²) in [4.78, 5) is 11.9. The Balaban J connectivity index is 2.21. The van der Waals surface area contributed by atoms with Crippen LogP contribution in [-0.4, -0.2) is 18.5 Å². The third-order valence-corrected chi connectivity index (χ3v) is 4.22. The fourth-order valence-corrected chi connectivity index (χ4v) is 3.34. The van der Waals surface area contributed by atoms with Gasteiger partial charge < -0.3 is 11.1 Å². The van der Waals surface area contributed by atoms with E-state index in [1.54, 1.807) is 0 Å². The van der Waals surface area contributed by atoms with Crippen LogP contribution in [0.15, 0.2) is 60.7 Å². The molecule has 1 aliphatic rings. The molecule has 3 heteroatoms. The molecule has 3 N–H and O–H groups in total. The molecular formula is C17H18N2O. The van der Waals surface area contributed by atoms with Crippen molar-refractivity contribution in [1.29, 1.82) is 0 Å². The number of hydrogen-bond acceptors (Lipinski definition) is 2. The van der Waals surface area contributed by atoms with Gasteiger partial charge in [-0.15, -0.1) is 0 Å². The Morgan fingerprint density at radius 3 is 1.95 bits per heavy atom. The summed E-state index contributed by atoms with van der Waals surface area (Å²) in [5, 5.41) is 3.27. The SMILES string of the molecule is NC(=O)[C@@H]1NCCC1(c1ccccc1)c1ccccc1. The van der Waals surface area contributed by atoms with Crippen molar-refractivity contribution in [3.8, 4) is 0 Å². The number of hydrogen-bond donors (Lipinski definition) is 2. The molecule has 2 aromatic rings. The Hall–Kier alpha value is -2.13. The van der Waals surface area contributed by atoms with Crippen LogP contribution in [0.1, 0.15) is 17.5 Å². The molecule has 20 heavy (non-hydrogen) atoms. The highest BCUT2D eigenvalue weighted by Gasteiger charge is 2.48. The van der Waals surface area contributed by atoms with Crippen LogP contribution < -0.4 is 11.1 Å². The molecule has 3 rings (SSSR count). The second-order valence-corrected chi connectivity index (χ2v) is 5.24. The molecule has 0 spiro atoms. The van der Waals surface area contributed by atoms with Crippen LogP contribution in [0, 0.1) is 0 Å². The molecule has 0 radical (unpaired) electrons. The van der Waals surface area contributed by atoms with E-state index in [-0.39, 0.29) is 17.4 Å². The van der Waals surface area contributed by atoms with Crippen molar-refractivity contribution in [1.82, 2.24) is 5.32 Å². The minimum Gasteiger partial charge on any atom is -0.368 e. The lowest BCUT2D eigenvalue weighted by molar-refractivity contribution is -0.120. The molecule has 1 atom stereocenters. The van der Waals surface area contributed by atoms with Crippen LogP contribution in [0.4, 0.5) is 0 Å². The summed E-state index contributed by atoms with van der Waals surface area (Å²) < 4.78 is 0. The van der Waals surface area contributed by atoms with Gasteiger partial charge in [0.05, 0.1) is 0 Å². The maximum Gasteiger partial charge on any atom is 0.235 e. The number of carbonyl (C=O) groups excluding carboxylic acids is 1. The van der Waals surface area contributed by atoms with Gasteiger partial charge in [0, 0.05) is 5.41 Å². The number of primary amides is 1. The van der Waals surface area contributed by atoms with Crippen molar-refractivity contribution in [2.45, 2.75) is 17.9 Å². The molecule has 0 aliphatic carbocycles. The Bertz CT molecular complexity index is 555. The lowest BCUT2D eigenvalue weighted by Crippen LogP contribution is -2.50. The normalized spacial score (nSPS) is 20.7. The Labute approximate surface area is 118 Å². The fourth-order valence-electron chi connectivity index (χ4n) is 3.34. The van der Waals surface area contributed by atoms with Crippen molar-refractivity contribution in [2.75, 3.05) is 6.54 Å². The molecule has 1 aliphatic heterocycles. The van der Waals surface area contributed by atoms with Crippen LogP contribution in [0.2, 0.25) is 0 Å². The van der Waals surface area contributed by atoms with Crippen molar-refractivity contribution >= 4 is 5.91 Å². The monoisotopic (exact) mass is 266 g/mol. The van der Waals surface area contributed by atoms with E-state index >= 15 is 0 Å². The Morgan fingerprint density at radius 2 is 1.50 bits per heavy atom. The maximum absolute atomic E-state index is 11.9. The molecule has 1 fully saturated rings. The minimum atomic E-state index is -0.368. The first-order valence-electron chi connectivity index (χ1n) is 6.89. The summed E-state index contributed by atoms with van der Waals surface area (Å²) >= 11 is 0. The molecule has 0 aromatic heterocycles. The lowest BCUT2D eigenvalue weighted by Gasteiger charge is -2.34. The van der Waals surface area contributed by atoms with E-state index in [1.165, 1.54) is 0 Å². The smallest absolute Gasteiger partial charge is 0.235 e. The van der Waals surface area contributed by atoms with Gasteiger partial charge in [0.2, 0.25) is 5.91 Å². The zero-order chi connectivity index (χ0) is 14.0. The van der Waals surface area contributed by atoms with E-state index in [0.29, 0.717) is 0 Å². The summed E-state index contributed by atoms with van der Waals surface area (Å²) in [5.41, 5.74) is 7.56. The highest BCUT2D eigenvalue weighted by Crippen LogP contribution is 2.41. The van der Waals surface area contributed by atoms with Crippen molar-refractivity contribution in [3.63, 3.8) is 0 Å². The average Bonchev–Trinajstić information content (AvgIpc) is 2.95. The summed E-state index contributed by atoms with van der Waals surface area (Å²) in [6.07, 6.45) is 0.870. The van der Waals surface area contributed by atoms with E-state index in [9.17, 15) is 4.79 Å². The predicted molar refractivity (Wildman–Crippen MR) is 79.3 cm³/mol. The van der Waals surface area contributed by atoms with E-state index in [4.69, 9.17) is 5.73 Å². The molecule has 0 unspecified atom stereocenters. The molecule has 2 aromatic carbocycles. The minimum absolute atomic E-state index is 0.296. The van der Waals surface area contributed by atoms with Gasteiger partial charge in [-0.25, -0.2) is 0 Å². The average molecular weight is 266 g/mol. The summed E-state index contributed by atoms with van der Waals surface area (Å²) in [6.45, 7) is 0.789. The maximum atomic E-state index is 11.9. The first kappa shape index (κ1) is 12.9. The number of nitrogens with two attached hydrogens (primary N) is 1. The topological polar surface area (TPSA) is 55.1 Å². The van der Waals surface area contributed by atoms with Crippen LogP contribution in [0.25, 0.3) is 0 Å². The molecule has 1 saturated heterocycles. The first-order valence-corrected chi connectivity index (χ1v) is 6.89. The number of nitrogens with one attached hydrogen (secondary N) is 1. The quantitative estimate of drug-likeness (QED) is 0.890.